The number of hydrogen-bond acceptors (Lipinski definition) is 12. The topological polar surface area (TPSA) is 250 Å². The average molecular weight is 1150 g/mol. The molecule has 1 atom stereocenters. The molecule has 0 bridgehead atoms. The van der Waals surface area contributed by atoms with Crippen LogP contribution in [0.25, 0.3) is 11.1 Å². The number of methoxy groups -OCH3 is 1. The number of carboxylic acid groups (broad SMARTS) is 1. The molecule has 1 unspecified atom stereocenters. The fourth-order valence-corrected chi connectivity index (χ4v) is 10.8. The van der Waals surface area contributed by atoms with Crippen LogP contribution in [0.15, 0.2) is 109 Å². The number of fused-ring (bicyclic) bond motifs is 1. The number of ether oxygens (including phenoxy) is 4. The van der Waals surface area contributed by atoms with E-state index in [0.29, 0.717) is 48.2 Å². The van der Waals surface area contributed by atoms with Gasteiger partial charge in [0.1, 0.15) is 48.3 Å². The molecule has 0 saturated heterocycles. The SMILES string of the molecule is COc1cc(NC(=O)c2ccccn2)ccc1NC(=O)c1ccc(NC(=O)COCC(=O)NCCCCCCCCNC(=O)COc2ccc(-c3cccc(COc4cc5c(c(C)c4C)C(=O)C(C4CCCC4)C5)c3)cc2C(=O)O)cc1Cl. The predicted molar refractivity (Wildman–Crippen MR) is 316 cm³/mol. The van der Waals surface area contributed by atoms with Gasteiger partial charge in [0, 0.05) is 48.2 Å². The number of halogens is 1. The number of hydrogen-bond donors (Lipinski definition) is 6. The number of carbonyl (C=O) groups is 7. The fraction of sp³-hybridized carbons (Fsp3) is 0.344. The lowest BCUT2D eigenvalue weighted by Gasteiger charge is -2.16. The second-order valence-electron chi connectivity index (χ2n) is 20.8. The zero-order chi connectivity index (χ0) is 58.8. The maximum atomic E-state index is 13.5. The minimum atomic E-state index is -1.18. The van der Waals surface area contributed by atoms with E-state index >= 15 is 0 Å². The Morgan fingerprint density at radius 3 is 2.05 bits per heavy atom. The zero-order valence-electron chi connectivity index (χ0n) is 46.8. The Balaban J connectivity index is 0.659. The number of carbonyl (C=O) groups excluding carboxylic acids is 6. The molecular weight excluding hydrogens is 1080 g/mol. The van der Waals surface area contributed by atoms with Gasteiger partial charge in [-0.25, -0.2) is 4.79 Å². The van der Waals surface area contributed by atoms with Crippen LogP contribution in [0.4, 0.5) is 17.1 Å². The van der Waals surface area contributed by atoms with E-state index < -0.39 is 30.3 Å². The van der Waals surface area contributed by atoms with E-state index in [-0.39, 0.29) is 70.1 Å². The van der Waals surface area contributed by atoms with Gasteiger partial charge >= 0.3 is 5.97 Å². The molecule has 6 aromatic rings. The summed E-state index contributed by atoms with van der Waals surface area (Å²) in [6.07, 6.45) is 12.1. The number of ketones is 1. The number of amides is 5. The highest BCUT2D eigenvalue weighted by Gasteiger charge is 2.39. The lowest BCUT2D eigenvalue weighted by Crippen LogP contribution is -2.30. The van der Waals surface area contributed by atoms with Crippen molar-refractivity contribution < 1.29 is 57.6 Å². The van der Waals surface area contributed by atoms with Gasteiger partial charge in [-0.1, -0.05) is 80.5 Å². The summed E-state index contributed by atoms with van der Waals surface area (Å²) >= 11 is 6.43. The van der Waals surface area contributed by atoms with Crippen molar-refractivity contribution in [2.45, 2.75) is 91.1 Å². The van der Waals surface area contributed by atoms with Gasteiger partial charge in [0.05, 0.1) is 23.4 Å². The molecule has 1 saturated carbocycles. The number of pyridine rings is 1. The van der Waals surface area contributed by atoms with E-state index in [4.69, 9.17) is 30.5 Å². The molecule has 5 amide bonds. The number of nitrogens with zero attached hydrogens (tertiary/aromatic N) is 1. The summed E-state index contributed by atoms with van der Waals surface area (Å²) in [5, 5.41) is 23.9. The van der Waals surface area contributed by atoms with Gasteiger partial charge in [-0.2, -0.15) is 0 Å². The smallest absolute Gasteiger partial charge is 0.339 e. The summed E-state index contributed by atoms with van der Waals surface area (Å²) < 4.78 is 22.8. The number of aromatic carboxylic acids is 1. The summed E-state index contributed by atoms with van der Waals surface area (Å²) in [5.74, 6) is -1.40. The lowest BCUT2D eigenvalue weighted by molar-refractivity contribution is -0.128. The summed E-state index contributed by atoms with van der Waals surface area (Å²) in [6, 6.07) is 28.7. The number of rotatable bonds is 28. The average Bonchev–Trinajstić information content (AvgIpc) is 2.67. The fourth-order valence-electron chi connectivity index (χ4n) is 10.5. The second kappa shape index (κ2) is 29.4. The number of anilines is 3. The number of nitrogens with one attached hydrogen (secondary N) is 5. The van der Waals surface area contributed by atoms with Gasteiger partial charge in [-0.05, 0) is 152 Å². The summed E-state index contributed by atoms with van der Waals surface area (Å²) in [7, 11) is 1.42. The molecule has 434 valence electrons. The highest BCUT2D eigenvalue weighted by Crippen LogP contribution is 2.43. The van der Waals surface area contributed by atoms with Gasteiger partial charge in [0.25, 0.3) is 17.7 Å². The number of benzene rings is 5. The van der Waals surface area contributed by atoms with Crippen LogP contribution in [0.5, 0.6) is 17.2 Å². The highest BCUT2D eigenvalue weighted by molar-refractivity contribution is 6.34. The van der Waals surface area contributed by atoms with E-state index in [1.807, 2.05) is 44.2 Å². The Labute approximate surface area is 487 Å². The molecule has 1 heterocycles. The first-order chi connectivity index (χ1) is 40.1. The van der Waals surface area contributed by atoms with E-state index in [2.05, 4.69) is 31.6 Å². The number of carboxylic acids is 1. The minimum Gasteiger partial charge on any atom is -0.494 e. The van der Waals surface area contributed by atoms with Crippen molar-refractivity contribution in [1.82, 2.24) is 15.6 Å². The molecular formula is C64H69ClN6O12. The third-order valence-electron chi connectivity index (χ3n) is 15.0. The van der Waals surface area contributed by atoms with Crippen molar-refractivity contribution in [2.24, 2.45) is 11.8 Å². The minimum absolute atomic E-state index is 0.0611. The molecule has 83 heavy (non-hydrogen) atoms. The Bertz CT molecular complexity index is 3350. The van der Waals surface area contributed by atoms with Gasteiger partial charge in [-0.15, -0.1) is 0 Å². The maximum Gasteiger partial charge on any atom is 0.339 e. The van der Waals surface area contributed by atoms with Crippen molar-refractivity contribution >= 4 is 70.0 Å². The van der Waals surface area contributed by atoms with E-state index in [0.717, 1.165) is 96.9 Å². The molecule has 2 aliphatic rings. The summed E-state index contributed by atoms with van der Waals surface area (Å²) in [5.41, 5.74) is 7.66. The number of unbranched alkanes of at least 4 members (excludes halogenated alkanes) is 5. The lowest BCUT2D eigenvalue weighted by atomic mass is 9.87. The number of aromatic nitrogens is 1. The standard InChI is InChI=1S/C64H69ClN6O12/c1-39-40(2)60-45(31-49(61(60)75)42-16-8-9-17-42)32-55(39)82-35-41-15-14-18-43(29-41)44-20-25-54(50(30-44)64(78)79)83-38-58(73)68-28-12-7-5-4-6-11-27-67-57(72)36-81-37-59(74)69-46-21-23-48(51(65)33-46)62(76)71-52-24-22-47(34-56(52)80-3)70-63(77)53-19-10-13-26-66-53/h10,13-15,18-26,29-30,32-34,42,49H,4-9,11-12,16-17,27-28,31,35-38H2,1-3H3,(H,67,72)(H,68,73)(H,69,74)(H,70,77)(H,71,76)(H,78,79). The first-order valence-electron chi connectivity index (χ1n) is 28.0. The van der Waals surface area contributed by atoms with Gasteiger partial charge in [-0.3, -0.25) is 33.8 Å². The van der Waals surface area contributed by atoms with Crippen LogP contribution in [0.3, 0.4) is 0 Å². The number of Topliss-reactive ketones (excluding diaryl/α,β-unsaturated/α-hetero) is 1. The quantitative estimate of drug-likeness (QED) is 0.0251. The van der Waals surface area contributed by atoms with E-state index in [1.54, 1.807) is 54.6 Å². The Morgan fingerprint density at radius 2 is 1.34 bits per heavy atom. The molecule has 6 N–H and O–H groups in total. The summed E-state index contributed by atoms with van der Waals surface area (Å²) in [4.78, 5) is 93.0. The first-order valence-corrected chi connectivity index (χ1v) is 28.3. The largest absolute Gasteiger partial charge is 0.494 e. The molecule has 0 aliphatic heterocycles. The van der Waals surface area contributed by atoms with Crippen LogP contribution in [-0.2, 0) is 32.1 Å². The predicted octanol–water partition coefficient (Wildman–Crippen LogP) is 11.0. The van der Waals surface area contributed by atoms with Gasteiger partial charge in [0.2, 0.25) is 11.8 Å². The Kier molecular flexibility index (Phi) is 21.4. The first kappa shape index (κ1) is 60.5. The van der Waals surface area contributed by atoms with Crippen LogP contribution < -0.4 is 40.8 Å². The zero-order valence-corrected chi connectivity index (χ0v) is 47.6. The van der Waals surface area contributed by atoms with Crippen LogP contribution in [0.1, 0.15) is 128 Å². The third-order valence-corrected chi connectivity index (χ3v) is 15.3. The molecule has 8 rings (SSSR count). The van der Waals surface area contributed by atoms with Crippen LogP contribution >= 0.6 is 11.6 Å². The molecule has 1 aromatic heterocycles. The van der Waals surface area contributed by atoms with Crippen molar-refractivity contribution in [2.75, 3.05) is 56.0 Å². The van der Waals surface area contributed by atoms with Gasteiger partial charge < -0.3 is 50.6 Å². The van der Waals surface area contributed by atoms with Gasteiger partial charge in [0.15, 0.2) is 12.4 Å². The van der Waals surface area contributed by atoms with E-state index in [9.17, 15) is 38.7 Å². The maximum absolute atomic E-state index is 13.5. The molecule has 5 aromatic carbocycles. The van der Waals surface area contributed by atoms with Crippen molar-refractivity contribution in [3.8, 4) is 28.4 Å². The Hall–Kier alpha value is -8.61. The normalized spacial score (nSPS) is 13.6. The molecule has 1 fully saturated rings. The third kappa shape index (κ3) is 16.5. The van der Waals surface area contributed by atoms with Crippen molar-refractivity contribution in [3.63, 3.8) is 0 Å². The molecule has 2 aliphatic carbocycles. The molecule has 18 nitrogen and oxygen atoms in total. The molecule has 19 heteroatoms. The van der Waals surface area contributed by atoms with Crippen LogP contribution in [0, 0.1) is 25.7 Å². The van der Waals surface area contributed by atoms with E-state index in [1.165, 1.54) is 44.3 Å². The van der Waals surface area contributed by atoms with Crippen LogP contribution in [-0.4, -0.2) is 91.4 Å². The second-order valence-corrected chi connectivity index (χ2v) is 21.2. The van der Waals surface area contributed by atoms with Crippen molar-refractivity contribution in [1.29, 1.82) is 0 Å². The monoisotopic (exact) mass is 1150 g/mol. The highest BCUT2D eigenvalue weighted by atomic mass is 35.5. The molecule has 0 spiro atoms. The summed E-state index contributed by atoms with van der Waals surface area (Å²) in [6.45, 7) is 4.16. The molecule has 0 radical (unpaired) electrons. The Morgan fingerprint density at radius 1 is 0.639 bits per heavy atom. The van der Waals surface area contributed by atoms with Crippen molar-refractivity contribution in [3.05, 3.63) is 159 Å². The van der Waals surface area contributed by atoms with Crippen LogP contribution in [0.2, 0.25) is 5.02 Å².